The van der Waals surface area contributed by atoms with E-state index in [9.17, 15) is 4.79 Å². The highest BCUT2D eigenvalue weighted by Crippen LogP contribution is 2.36. The Bertz CT molecular complexity index is 789. The SMILES string of the molecule is O=C1/C(=C\c2ccc(Br)cc2)SC(=S)N1c1cccc(Cl)c1. The molecule has 1 heterocycles. The summed E-state index contributed by atoms with van der Waals surface area (Å²) >= 11 is 16.0. The van der Waals surface area contributed by atoms with E-state index in [1.165, 1.54) is 16.7 Å². The zero-order valence-corrected chi connectivity index (χ0v) is 15.1. The number of nitrogens with zero attached hydrogens (tertiary/aromatic N) is 1. The highest BCUT2D eigenvalue weighted by molar-refractivity contribution is 9.10. The Hall–Kier alpha value is -1.14. The maximum absolute atomic E-state index is 12.6. The molecule has 2 aromatic rings. The lowest BCUT2D eigenvalue weighted by Gasteiger charge is -2.14. The van der Waals surface area contributed by atoms with E-state index in [0.29, 0.717) is 19.9 Å². The number of amides is 1. The Kier molecular flexibility index (Phi) is 4.68. The minimum Gasteiger partial charge on any atom is -0.268 e. The summed E-state index contributed by atoms with van der Waals surface area (Å²) in [6.07, 6.45) is 1.84. The van der Waals surface area contributed by atoms with Gasteiger partial charge in [0.25, 0.3) is 5.91 Å². The summed E-state index contributed by atoms with van der Waals surface area (Å²) < 4.78 is 1.51. The van der Waals surface area contributed by atoms with Crippen LogP contribution in [0.3, 0.4) is 0 Å². The molecule has 1 fully saturated rings. The first-order chi connectivity index (χ1) is 10.5. The van der Waals surface area contributed by atoms with Crippen LogP contribution in [0.2, 0.25) is 5.02 Å². The number of thiocarbonyl (C=S) groups is 1. The van der Waals surface area contributed by atoms with Gasteiger partial charge in [-0.1, -0.05) is 69.7 Å². The zero-order chi connectivity index (χ0) is 15.7. The molecular formula is C16H9BrClNOS2. The second-order valence-corrected chi connectivity index (χ2v) is 7.58. The number of rotatable bonds is 2. The maximum atomic E-state index is 12.6. The zero-order valence-electron chi connectivity index (χ0n) is 11.1. The summed E-state index contributed by atoms with van der Waals surface area (Å²) in [7, 11) is 0. The highest BCUT2D eigenvalue weighted by atomic mass is 79.9. The van der Waals surface area contributed by atoms with Gasteiger partial charge in [0.05, 0.1) is 10.6 Å². The fraction of sp³-hybridized carbons (Fsp3) is 0. The molecule has 1 aliphatic rings. The van der Waals surface area contributed by atoms with Crippen LogP contribution in [0.25, 0.3) is 6.08 Å². The van der Waals surface area contributed by atoms with Gasteiger partial charge in [0, 0.05) is 9.50 Å². The number of hydrogen-bond donors (Lipinski definition) is 0. The molecule has 0 aromatic heterocycles. The van der Waals surface area contributed by atoms with Crippen molar-refractivity contribution in [1.82, 2.24) is 0 Å². The van der Waals surface area contributed by atoms with E-state index in [-0.39, 0.29) is 5.91 Å². The lowest BCUT2D eigenvalue weighted by atomic mass is 10.2. The summed E-state index contributed by atoms with van der Waals surface area (Å²) in [6.45, 7) is 0. The van der Waals surface area contributed by atoms with Gasteiger partial charge < -0.3 is 0 Å². The van der Waals surface area contributed by atoms with E-state index in [1.54, 1.807) is 18.2 Å². The first kappa shape index (κ1) is 15.7. The number of hydrogen-bond acceptors (Lipinski definition) is 3. The van der Waals surface area contributed by atoms with Crippen LogP contribution in [0.4, 0.5) is 5.69 Å². The van der Waals surface area contributed by atoms with Gasteiger partial charge in [0.2, 0.25) is 0 Å². The molecule has 1 aliphatic heterocycles. The summed E-state index contributed by atoms with van der Waals surface area (Å²) in [6, 6.07) is 14.9. The van der Waals surface area contributed by atoms with Gasteiger partial charge in [0.1, 0.15) is 0 Å². The fourth-order valence-electron chi connectivity index (χ4n) is 2.02. The van der Waals surface area contributed by atoms with E-state index >= 15 is 0 Å². The van der Waals surface area contributed by atoms with Gasteiger partial charge in [0.15, 0.2) is 4.32 Å². The second kappa shape index (κ2) is 6.54. The van der Waals surface area contributed by atoms with Crippen molar-refractivity contribution in [3.63, 3.8) is 0 Å². The fourth-order valence-corrected chi connectivity index (χ4v) is 3.76. The topological polar surface area (TPSA) is 20.3 Å². The van der Waals surface area contributed by atoms with Crippen LogP contribution in [0.15, 0.2) is 57.9 Å². The standard InChI is InChI=1S/C16H9BrClNOS2/c17-11-6-4-10(5-7-11)8-14-15(20)19(16(21)22-14)13-3-1-2-12(18)9-13/h1-9H/b14-8+. The maximum Gasteiger partial charge on any atom is 0.270 e. The number of thioether (sulfide) groups is 1. The van der Waals surface area contributed by atoms with Crippen molar-refractivity contribution in [3.8, 4) is 0 Å². The second-order valence-electron chi connectivity index (χ2n) is 4.55. The summed E-state index contributed by atoms with van der Waals surface area (Å²) in [4.78, 5) is 14.7. The normalized spacial score (nSPS) is 16.6. The third-order valence-electron chi connectivity index (χ3n) is 3.03. The average molecular weight is 411 g/mol. The van der Waals surface area contributed by atoms with Crippen LogP contribution in [0, 0.1) is 0 Å². The van der Waals surface area contributed by atoms with Crippen molar-refractivity contribution < 1.29 is 4.79 Å². The van der Waals surface area contributed by atoms with Crippen LogP contribution in [-0.4, -0.2) is 10.2 Å². The molecule has 0 radical (unpaired) electrons. The number of anilines is 1. The summed E-state index contributed by atoms with van der Waals surface area (Å²) in [5.41, 5.74) is 1.64. The van der Waals surface area contributed by atoms with E-state index in [1.807, 2.05) is 36.4 Å². The molecule has 1 saturated heterocycles. The van der Waals surface area contributed by atoms with Crippen molar-refractivity contribution in [2.45, 2.75) is 0 Å². The van der Waals surface area contributed by atoms with Crippen LogP contribution in [-0.2, 0) is 4.79 Å². The van der Waals surface area contributed by atoms with Crippen molar-refractivity contribution in [2.24, 2.45) is 0 Å². The van der Waals surface area contributed by atoms with Gasteiger partial charge in [-0.15, -0.1) is 0 Å². The van der Waals surface area contributed by atoms with Gasteiger partial charge in [-0.05, 0) is 42.0 Å². The lowest BCUT2D eigenvalue weighted by molar-refractivity contribution is -0.113. The Balaban J connectivity index is 1.93. The van der Waals surface area contributed by atoms with E-state index in [2.05, 4.69) is 15.9 Å². The Labute approximate surface area is 151 Å². The van der Waals surface area contributed by atoms with E-state index in [4.69, 9.17) is 23.8 Å². The first-order valence-corrected chi connectivity index (χ1v) is 8.73. The molecule has 0 unspecified atom stereocenters. The molecule has 0 saturated carbocycles. The molecule has 0 N–H and O–H groups in total. The number of halogens is 2. The van der Waals surface area contributed by atoms with Gasteiger partial charge in [-0.25, -0.2) is 0 Å². The van der Waals surface area contributed by atoms with Crippen LogP contribution in [0.1, 0.15) is 5.56 Å². The number of benzene rings is 2. The van der Waals surface area contributed by atoms with Crippen LogP contribution in [0.5, 0.6) is 0 Å². The van der Waals surface area contributed by atoms with E-state index < -0.39 is 0 Å². The molecule has 0 aliphatic carbocycles. The molecule has 1 amide bonds. The average Bonchev–Trinajstić information content (AvgIpc) is 2.76. The monoisotopic (exact) mass is 409 g/mol. The van der Waals surface area contributed by atoms with Crippen molar-refractivity contribution >= 4 is 73.5 Å². The summed E-state index contributed by atoms with van der Waals surface area (Å²) in [5, 5.41) is 0.573. The predicted octanol–water partition coefficient (Wildman–Crippen LogP) is 5.51. The molecular weight excluding hydrogens is 402 g/mol. The Morgan fingerprint density at radius 2 is 1.91 bits per heavy atom. The molecule has 110 valence electrons. The smallest absolute Gasteiger partial charge is 0.268 e. The quantitative estimate of drug-likeness (QED) is 0.481. The summed E-state index contributed by atoms with van der Waals surface area (Å²) in [5.74, 6) is -0.125. The van der Waals surface area contributed by atoms with Gasteiger partial charge >= 0.3 is 0 Å². The molecule has 22 heavy (non-hydrogen) atoms. The highest BCUT2D eigenvalue weighted by Gasteiger charge is 2.33. The predicted molar refractivity (Wildman–Crippen MR) is 101 cm³/mol. The molecule has 6 heteroatoms. The Morgan fingerprint density at radius 1 is 1.18 bits per heavy atom. The number of carbonyl (C=O) groups excluding carboxylic acids is 1. The van der Waals surface area contributed by atoms with Crippen molar-refractivity contribution in [2.75, 3.05) is 4.90 Å². The molecule has 0 atom stereocenters. The first-order valence-electron chi connectivity index (χ1n) is 6.34. The number of carbonyl (C=O) groups is 1. The van der Waals surface area contributed by atoms with Crippen molar-refractivity contribution in [3.05, 3.63) is 68.5 Å². The van der Waals surface area contributed by atoms with Crippen LogP contribution >= 0.6 is 51.5 Å². The minimum atomic E-state index is -0.125. The third kappa shape index (κ3) is 3.27. The van der Waals surface area contributed by atoms with Gasteiger partial charge in [-0.2, -0.15) is 0 Å². The minimum absolute atomic E-state index is 0.125. The third-order valence-corrected chi connectivity index (χ3v) is 5.09. The molecule has 0 bridgehead atoms. The molecule has 3 rings (SSSR count). The van der Waals surface area contributed by atoms with E-state index in [0.717, 1.165) is 10.0 Å². The van der Waals surface area contributed by atoms with Crippen LogP contribution < -0.4 is 4.90 Å². The Morgan fingerprint density at radius 3 is 2.59 bits per heavy atom. The molecule has 0 spiro atoms. The molecule has 2 nitrogen and oxygen atoms in total. The van der Waals surface area contributed by atoms with Gasteiger partial charge in [-0.3, -0.25) is 9.69 Å². The molecule has 2 aromatic carbocycles. The lowest BCUT2D eigenvalue weighted by Crippen LogP contribution is -2.27. The largest absolute Gasteiger partial charge is 0.270 e. The van der Waals surface area contributed by atoms with Crippen molar-refractivity contribution in [1.29, 1.82) is 0 Å².